The molecule has 4 nitrogen and oxygen atoms in total. The fourth-order valence-electron chi connectivity index (χ4n) is 2.47. The highest BCUT2D eigenvalue weighted by Gasteiger charge is 2.17. The lowest BCUT2D eigenvalue weighted by atomic mass is 10.3. The van der Waals surface area contributed by atoms with Gasteiger partial charge in [0.05, 0.1) is 13.1 Å². The van der Waals surface area contributed by atoms with Crippen LogP contribution in [0.25, 0.3) is 0 Å². The number of benzene rings is 1. The zero-order valence-corrected chi connectivity index (χ0v) is 14.7. The second-order valence-electron chi connectivity index (χ2n) is 5.66. The largest absolute Gasteiger partial charge is 0.481 e. The number of aryl methyl sites for hydroxylation is 1. The summed E-state index contributed by atoms with van der Waals surface area (Å²) >= 11 is 1.60. The zero-order chi connectivity index (χ0) is 17.6. The number of hydrogen-bond donors (Lipinski definition) is 0. The van der Waals surface area contributed by atoms with Crippen LogP contribution in [0.3, 0.4) is 0 Å². The molecule has 0 aliphatic carbocycles. The maximum absolute atomic E-state index is 13.7. The summed E-state index contributed by atoms with van der Waals surface area (Å²) in [5.41, 5.74) is 1.02. The van der Waals surface area contributed by atoms with Crippen LogP contribution in [-0.2, 0) is 24.9 Å². The lowest BCUT2D eigenvalue weighted by Gasteiger charge is -2.22. The van der Waals surface area contributed by atoms with Gasteiger partial charge < -0.3 is 14.2 Å². The maximum atomic E-state index is 13.7. The highest BCUT2D eigenvalue weighted by Crippen LogP contribution is 2.17. The number of aromatic nitrogens is 1. The van der Waals surface area contributed by atoms with Crippen molar-refractivity contribution in [3.8, 4) is 5.75 Å². The first-order valence-electron chi connectivity index (χ1n) is 7.91. The molecule has 2 aromatic heterocycles. The van der Waals surface area contributed by atoms with E-state index in [1.165, 1.54) is 12.1 Å². The molecule has 0 N–H and O–H groups in total. The quantitative estimate of drug-likeness (QED) is 0.643. The number of para-hydroxylation sites is 1. The van der Waals surface area contributed by atoms with Crippen molar-refractivity contribution in [1.82, 2.24) is 9.47 Å². The fourth-order valence-corrected chi connectivity index (χ4v) is 3.19. The van der Waals surface area contributed by atoms with Crippen LogP contribution in [0.1, 0.15) is 10.6 Å². The lowest BCUT2D eigenvalue weighted by Crippen LogP contribution is -2.34. The van der Waals surface area contributed by atoms with Crippen LogP contribution in [0.5, 0.6) is 5.75 Å². The molecule has 0 spiro atoms. The Labute approximate surface area is 150 Å². The molecule has 2 heterocycles. The highest BCUT2D eigenvalue weighted by atomic mass is 32.1. The van der Waals surface area contributed by atoms with Crippen LogP contribution in [0.4, 0.5) is 4.39 Å². The number of rotatable bonds is 7. The molecule has 0 unspecified atom stereocenters. The average Bonchev–Trinajstić information content (AvgIpc) is 3.25. The van der Waals surface area contributed by atoms with Crippen LogP contribution < -0.4 is 4.74 Å². The van der Waals surface area contributed by atoms with Gasteiger partial charge in [-0.15, -0.1) is 11.3 Å². The summed E-state index contributed by atoms with van der Waals surface area (Å²) in [5, 5.41) is 1.98. The Balaban J connectivity index is 1.70. The third-order valence-corrected chi connectivity index (χ3v) is 4.73. The number of carbonyl (C=O) groups is 1. The van der Waals surface area contributed by atoms with Crippen molar-refractivity contribution in [2.24, 2.45) is 7.05 Å². The van der Waals surface area contributed by atoms with E-state index in [0.717, 1.165) is 10.6 Å². The normalized spacial score (nSPS) is 10.6. The Bertz CT molecular complexity index is 830. The third-order valence-electron chi connectivity index (χ3n) is 3.87. The molecule has 0 atom stereocenters. The Kier molecular flexibility index (Phi) is 5.50. The topological polar surface area (TPSA) is 34.5 Å². The molecule has 1 amide bonds. The van der Waals surface area contributed by atoms with Crippen molar-refractivity contribution in [2.75, 3.05) is 6.61 Å². The van der Waals surface area contributed by atoms with Crippen molar-refractivity contribution in [1.29, 1.82) is 0 Å². The van der Waals surface area contributed by atoms with E-state index in [-0.39, 0.29) is 18.3 Å². The molecule has 0 aliphatic heterocycles. The second kappa shape index (κ2) is 7.98. The van der Waals surface area contributed by atoms with E-state index in [9.17, 15) is 9.18 Å². The molecule has 0 saturated heterocycles. The summed E-state index contributed by atoms with van der Waals surface area (Å²) in [7, 11) is 1.94. The third kappa shape index (κ3) is 4.48. The van der Waals surface area contributed by atoms with Gasteiger partial charge in [0.1, 0.15) is 0 Å². The van der Waals surface area contributed by atoms with Crippen molar-refractivity contribution in [2.45, 2.75) is 13.1 Å². The molecule has 25 heavy (non-hydrogen) atoms. The molecule has 3 aromatic rings. The minimum absolute atomic E-state index is 0.0887. The number of hydrogen-bond acceptors (Lipinski definition) is 3. The van der Waals surface area contributed by atoms with E-state index < -0.39 is 5.82 Å². The van der Waals surface area contributed by atoms with Gasteiger partial charge in [-0.25, -0.2) is 4.39 Å². The van der Waals surface area contributed by atoms with E-state index in [1.807, 2.05) is 47.5 Å². The number of carbonyl (C=O) groups excluding carboxylic acids is 1. The standard InChI is InChI=1S/C19H19FN2O2S/c1-21-10-4-6-15(21)12-22(13-16-7-5-11-25-16)19(23)14-24-18-9-3-2-8-17(18)20/h2-11H,12-14H2,1H3. The fraction of sp³-hybridized carbons (Fsp3) is 0.211. The average molecular weight is 358 g/mol. The first kappa shape index (κ1) is 17.2. The molecule has 1 aromatic carbocycles. The monoisotopic (exact) mass is 358 g/mol. The molecule has 0 fully saturated rings. The number of halogens is 1. The van der Waals surface area contributed by atoms with E-state index in [4.69, 9.17) is 4.74 Å². The van der Waals surface area contributed by atoms with Crippen LogP contribution in [0.15, 0.2) is 60.1 Å². The van der Waals surface area contributed by atoms with Gasteiger partial charge in [-0.3, -0.25) is 4.79 Å². The van der Waals surface area contributed by atoms with Gasteiger partial charge in [-0.1, -0.05) is 18.2 Å². The van der Waals surface area contributed by atoms with E-state index in [0.29, 0.717) is 13.1 Å². The van der Waals surface area contributed by atoms with Gasteiger partial charge in [0.2, 0.25) is 0 Å². The van der Waals surface area contributed by atoms with Crippen molar-refractivity contribution >= 4 is 17.2 Å². The number of amides is 1. The highest BCUT2D eigenvalue weighted by molar-refractivity contribution is 7.09. The van der Waals surface area contributed by atoms with Gasteiger partial charge in [0, 0.05) is 23.8 Å². The maximum Gasteiger partial charge on any atom is 0.261 e. The summed E-state index contributed by atoms with van der Waals surface area (Å²) < 4.78 is 21.0. The summed E-state index contributed by atoms with van der Waals surface area (Å²) in [6.07, 6.45) is 1.94. The number of thiophene rings is 1. The van der Waals surface area contributed by atoms with Gasteiger partial charge in [0.25, 0.3) is 5.91 Å². The molecule has 0 saturated carbocycles. The van der Waals surface area contributed by atoms with Gasteiger partial charge in [-0.2, -0.15) is 0 Å². The molecule has 3 rings (SSSR count). The van der Waals surface area contributed by atoms with Gasteiger partial charge in [-0.05, 0) is 35.7 Å². The minimum atomic E-state index is -0.470. The Morgan fingerprint density at radius 1 is 1.16 bits per heavy atom. The molecule has 0 radical (unpaired) electrons. The Morgan fingerprint density at radius 2 is 2.00 bits per heavy atom. The van der Waals surface area contributed by atoms with E-state index >= 15 is 0 Å². The van der Waals surface area contributed by atoms with Crippen molar-refractivity contribution < 1.29 is 13.9 Å². The smallest absolute Gasteiger partial charge is 0.261 e. The van der Waals surface area contributed by atoms with Crippen molar-refractivity contribution in [3.63, 3.8) is 0 Å². The van der Waals surface area contributed by atoms with Crippen LogP contribution >= 0.6 is 11.3 Å². The molecular weight excluding hydrogens is 339 g/mol. The molecule has 6 heteroatoms. The van der Waals surface area contributed by atoms with Crippen LogP contribution in [-0.4, -0.2) is 22.0 Å². The van der Waals surface area contributed by atoms with Gasteiger partial charge >= 0.3 is 0 Å². The SMILES string of the molecule is Cn1cccc1CN(Cc1cccs1)C(=O)COc1ccccc1F. The Morgan fingerprint density at radius 3 is 2.68 bits per heavy atom. The lowest BCUT2D eigenvalue weighted by molar-refractivity contribution is -0.134. The molecule has 0 aliphatic rings. The Hall–Kier alpha value is -2.60. The zero-order valence-electron chi connectivity index (χ0n) is 13.9. The first-order chi connectivity index (χ1) is 12.1. The van der Waals surface area contributed by atoms with Crippen LogP contribution in [0, 0.1) is 5.82 Å². The van der Waals surface area contributed by atoms with Gasteiger partial charge in [0.15, 0.2) is 18.2 Å². The molecule has 0 bridgehead atoms. The first-order valence-corrected chi connectivity index (χ1v) is 8.79. The van der Waals surface area contributed by atoms with Crippen LogP contribution in [0.2, 0.25) is 0 Å². The predicted octanol–water partition coefficient (Wildman–Crippen LogP) is 3.83. The molecular formula is C19H19FN2O2S. The summed E-state index contributed by atoms with van der Waals surface area (Å²) in [6.45, 7) is 0.778. The number of nitrogens with zero attached hydrogens (tertiary/aromatic N) is 2. The number of ether oxygens (including phenoxy) is 1. The van der Waals surface area contributed by atoms with E-state index in [1.54, 1.807) is 28.4 Å². The van der Waals surface area contributed by atoms with E-state index in [2.05, 4.69) is 0 Å². The predicted molar refractivity (Wildman–Crippen MR) is 95.9 cm³/mol. The minimum Gasteiger partial charge on any atom is -0.481 e. The second-order valence-corrected chi connectivity index (χ2v) is 6.69. The molecule has 130 valence electrons. The summed E-state index contributed by atoms with van der Waals surface area (Å²) in [4.78, 5) is 15.5. The summed E-state index contributed by atoms with van der Waals surface area (Å²) in [5.74, 6) is -0.564. The summed E-state index contributed by atoms with van der Waals surface area (Å²) in [6, 6.07) is 14.0. The van der Waals surface area contributed by atoms with Crippen molar-refractivity contribution in [3.05, 3.63) is 76.5 Å².